The molecule has 25 heavy (non-hydrogen) atoms. The highest BCUT2D eigenvalue weighted by atomic mass is 32.2. The predicted molar refractivity (Wildman–Crippen MR) is 85.0 cm³/mol. The summed E-state index contributed by atoms with van der Waals surface area (Å²) in [5, 5.41) is 0.478. The molecule has 1 saturated heterocycles. The Morgan fingerprint density at radius 3 is 2.76 bits per heavy atom. The Morgan fingerprint density at radius 1 is 1.32 bits per heavy atom. The van der Waals surface area contributed by atoms with E-state index in [4.69, 9.17) is 4.74 Å². The molecule has 1 aliphatic rings. The summed E-state index contributed by atoms with van der Waals surface area (Å²) in [7, 11) is -5.70. The second kappa shape index (κ2) is 6.34. The van der Waals surface area contributed by atoms with E-state index in [2.05, 4.69) is 9.17 Å². The highest BCUT2D eigenvalue weighted by molar-refractivity contribution is 7.88. The van der Waals surface area contributed by atoms with E-state index in [1.165, 1.54) is 12.1 Å². The summed E-state index contributed by atoms with van der Waals surface area (Å²) in [5.41, 5.74) is -4.19. The van der Waals surface area contributed by atoms with Crippen LogP contribution in [0.1, 0.15) is 6.92 Å². The minimum absolute atomic E-state index is 0.0519. The van der Waals surface area contributed by atoms with Gasteiger partial charge in [0, 0.05) is 18.5 Å². The number of fused-ring (bicyclic) bond motifs is 1. The first-order valence-corrected chi connectivity index (χ1v) is 8.84. The minimum Gasteiger partial charge on any atom is -0.376 e. The fourth-order valence-corrected chi connectivity index (χ4v) is 3.00. The zero-order valence-corrected chi connectivity index (χ0v) is 14.0. The van der Waals surface area contributed by atoms with Crippen molar-refractivity contribution in [2.24, 2.45) is 0 Å². The van der Waals surface area contributed by atoms with Gasteiger partial charge in [0.2, 0.25) is 0 Å². The summed E-state index contributed by atoms with van der Waals surface area (Å²) < 4.78 is 69.2. The molecular formula is C15H15F3N2O4S. The van der Waals surface area contributed by atoms with Crippen molar-refractivity contribution in [3.63, 3.8) is 0 Å². The fraction of sp³-hybridized carbons (Fsp3) is 0.400. The SMILES string of the molecule is CC1CN(c2cnc3ccc(OS(=O)(=O)C(F)(F)F)cc3c2)CCO1. The summed E-state index contributed by atoms with van der Waals surface area (Å²) in [6.45, 7) is 3.82. The molecule has 0 aliphatic carbocycles. The lowest BCUT2D eigenvalue weighted by Crippen LogP contribution is -2.41. The van der Waals surface area contributed by atoms with E-state index in [1.54, 1.807) is 12.3 Å². The molecular weight excluding hydrogens is 361 g/mol. The number of aromatic nitrogens is 1. The van der Waals surface area contributed by atoms with Crippen LogP contribution in [0.15, 0.2) is 30.5 Å². The van der Waals surface area contributed by atoms with Gasteiger partial charge in [-0.25, -0.2) is 0 Å². The lowest BCUT2D eigenvalue weighted by atomic mass is 10.2. The molecule has 0 spiro atoms. The van der Waals surface area contributed by atoms with E-state index in [0.29, 0.717) is 30.6 Å². The van der Waals surface area contributed by atoms with Crippen LogP contribution in [0.4, 0.5) is 18.9 Å². The van der Waals surface area contributed by atoms with Crippen LogP contribution in [-0.4, -0.2) is 44.7 Å². The molecule has 1 fully saturated rings. The average Bonchev–Trinajstić information content (AvgIpc) is 2.52. The fourth-order valence-electron chi connectivity index (χ4n) is 2.55. The molecule has 1 aromatic carbocycles. The van der Waals surface area contributed by atoms with Gasteiger partial charge in [-0.3, -0.25) is 4.98 Å². The van der Waals surface area contributed by atoms with Crippen LogP contribution in [0.5, 0.6) is 5.75 Å². The first-order chi connectivity index (χ1) is 11.7. The van der Waals surface area contributed by atoms with Crippen molar-refractivity contribution in [3.05, 3.63) is 30.5 Å². The number of ether oxygens (including phenoxy) is 1. The third-order valence-electron chi connectivity index (χ3n) is 3.73. The lowest BCUT2D eigenvalue weighted by molar-refractivity contribution is -0.0500. The summed E-state index contributed by atoms with van der Waals surface area (Å²) in [5.74, 6) is -0.417. The quantitative estimate of drug-likeness (QED) is 0.606. The molecule has 136 valence electrons. The first-order valence-electron chi connectivity index (χ1n) is 7.43. The van der Waals surface area contributed by atoms with Crippen LogP contribution in [0.3, 0.4) is 0 Å². The third kappa shape index (κ3) is 3.79. The second-order valence-corrected chi connectivity index (χ2v) is 7.20. The van der Waals surface area contributed by atoms with Gasteiger partial charge in [0.05, 0.1) is 30.1 Å². The number of morpholine rings is 1. The number of nitrogens with zero attached hydrogens (tertiary/aromatic N) is 2. The Morgan fingerprint density at radius 2 is 2.08 bits per heavy atom. The summed E-state index contributed by atoms with van der Waals surface area (Å²) in [6.07, 6.45) is 1.71. The highest BCUT2D eigenvalue weighted by Crippen LogP contribution is 2.29. The van der Waals surface area contributed by atoms with Crippen LogP contribution in [0.25, 0.3) is 10.9 Å². The second-order valence-electron chi connectivity index (χ2n) is 5.66. The molecule has 1 aromatic heterocycles. The molecule has 0 saturated carbocycles. The van der Waals surface area contributed by atoms with E-state index < -0.39 is 21.4 Å². The molecule has 0 N–H and O–H groups in total. The maximum Gasteiger partial charge on any atom is 0.534 e. The van der Waals surface area contributed by atoms with Gasteiger partial charge in [-0.1, -0.05) is 0 Å². The van der Waals surface area contributed by atoms with E-state index in [0.717, 1.165) is 11.8 Å². The van der Waals surface area contributed by atoms with Crippen molar-refractivity contribution >= 4 is 26.7 Å². The Balaban J connectivity index is 1.91. The van der Waals surface area contributed by atoms with Crippen molar-refractivity contribution in [1.29, 1.82) is 0 Å². The van der Waals surface area contributed by atoms with Gasteiger partial charge in [-0.15, -0.1) is 0 Å². The van der Waals surface area contributed by atoms with Crippen LogP contribution in [0, 0.1) is 0 Å². The van der Waals surface area contributed by atoms with Gasteiger partial charge in [0.15, 0.2) is 0 Å². The summed E-state index contributed by atoms with van der Waals surface area (Å²) >= 11 is 0. The molecule has 1 atom stereocenters. The number of rotatable bonds is 3. The maximum atomic E-state index is 12.4. The molecule has 6 nitrogen and oxygen atoms in total. The molecule has 10 heteroatoms. The smallest absolute Gasteiger partial charge is 0.376 e. The van der Waals surface area contributed by atoms with Crippen molar-refractivity contribution in [2.45, 2.75) is 18.5 Å². The van der Waals surface area contributed by atoms with E-state index in [9.17, 15) is 21.6 Å². The zero-order valence-electron chi connectivity index (χ0n) is 13.2. The summed E-state index contributed by atoms with van der Waals surface area (Å²) in [4.78, 5) is 6.30. The Labute approximate surface area is 142 Å². The summed E-state index contributed by atoms with van der Waals surface area (Å²) in [6, 6.07) is 5.49. The van der Waals surface area contributed by atoms with Gasteiger partial charge in [-0.2, -0.15) is 21.6 Å². The van der Waals surface area contributed by atoms with E-state index in [-0.39, 0.29) is 6.10 Å². The standard InChI is InChI=1S/C15H15F3N2O4S/c1-10-9-20(4-5-23-10)12-6-11-7-13(2-3-14(11)19-8-12)24-25(21,22)15(16,17)18/h2-3,6-8,10H,4-5,9H2,1H3. The number of hydrogen-bond donors (Lipinski definition) is 0. The molecule has 0 bridgehead atoms. The topological polar surface area (TPSA) is 68.7 Å². The molecule has 0 amide bonds. The lowest BCUT2D eigenvalue weighted by Gasteiger charge is -2.32. The normalized spacial score (nSPS) is 19.2. The molecule has 0 radical (unpaired) electrons. The number of halogens is 3. The minimum atomic E-state index is -5.70. The average molecular weight is 376 g/mol. The van der Waals surface area contributed by atoms with E-state index >= 15 is 0 Å². The van der Waals surface area contributed by atoms with Crippen molar-refractivity contribution < 1.29 is 30.5 Å². The number of hydrogen-bond acceptors (Lipinski definition) is 6. The van der Waals surface area contributed by atoms with Gasteiger partial charge < -0.3 is 13.8 Å². The largest absolute Gasteiger partial charge is 0.534 e. The van der Waals surface area contributed by atoms with Gasteiger partial charge in [0.1, 0.15) is 5.75 Å². The highest BCUT2D eigenvalue weighted by Gasteiger charge is 2.48. The van der Waals surface area contributed by atoms with Crippen LogP contribution >= 0.6 is 0 Å². The molecule has 3 rings (SSSR count). The number of pyridine rings is 1. The molecule has 2 aromatic rings. The van der Waals surface area contributed by atoms with Crippen LogP contribution in [-0.2, 0) is 14.9 Å². The first kappa shape index (κ1) is 17.7. The van der Waals surface area contributed by atoms with Crippen molar-refractivity contribution in [2.75, 3.05) is 24.6 Å². The van der Waals surface area contributed by atoms with Crippen LogP contribution < -0.4 is 9.08 Å². The zero-order chi connectivity index (χ0) is 18.2. The van der Waals surface area contributed by atoms with Gasteiger partial charge >= 0.3 is 15.6 Å². The van der Waals surface area contributed by atoms with E-state index in [1.807, 2.05) is 11.8 Å². The molecule has 1 unspecified atom stereocenters. The predicted octanol–water partition coefficient (Wildman–Crippen LogP) is 2.69. The monoisotopic (exact) mass is 376 g/mol. The number of alkyl halides is 3. The van der Waals surface area contributed by atoms with Gasteiger partial charge in [0.25, 0.3) is 0 Å². The van der Waals surface area contributed by atoms with Crippen molar-refractivity contribution in [1.82, 2.24) is 4.98 Å². The Hall–Kier alpha value is -2.07. The van der Waals surface area contributed by atoms with Crippen LogP contribution in [0.2, 0.25) is 0 Å². The Kier molecular flexibility index (Phi) is 4.50. The third-order valence-corrected chi connectivity index (χ3v) is 4.71. The number of anilines is 1. The molecule has 1 aliphatic heterocycles. The number of benzene rings is 1. The maximum absolute atomic E-state index is 12.4. The molecule has 2 heterocycles. The van der Waals surface area contributed by atoms with Crippen molar-refractivity contribution in [3.8, 4) is 5.75 Å². The Bertz CT molecular complexity index is 886. The van der Waals surface area contributed by atoms with Gasteiger partial charge in [-0.05, 0) is 31.2 Å².